The van der Waals surface area contributed by atoms with Gasteiger partial charge in [0.2, 0.25) is 4.96 Å². The summed E-state index contributed by atoms with van der Waals surface area (Å²) in [6, 6.07) is 18.2. The van der Waals surface area contributed by atoms with Crippen LogP contribution in [-0.2, 0) is 6.42 Å². The molecule has 33 heavy (non-hydrogen) atoms. The molecule has 2 aromatic carbocycles. The third-order valence-electron chi connectivity index (χ3n) is 4.99. The highest BCUT2D eigenvalue weighted by Gasteiger charge is 2.12. The molecule has 0 aliphatic heterocycles. The van der Waals surface area contributed by atoms with Gasteiger partial charge in [0, 0.05) is 23.1 Å². The fourth-order valence-corrected chi connectivity index (χ4v) is 4.42. The molecule has 164 valence electrons. The van der Waals surface area contributed by atoms with Crippen molar-refractivity contribution in [3.8, 4) is 17.1 Å². The summed E-state index contributed by atoms with van der Waals surface area (Å²) in [5, 5.41) is 4.88. The third kappa shape index (κ3) is 4.30. The maximum absolute atomic E-state index is 12.9. The molecule has 0 saturated heterocycles. The van der Waals surface area contributed by atoms with Crippen LogP contribution in [0.5, 0.6) is 5.75 Å². The minimum Gasteiger partial charge on any atom is -0.497 e. The number of nitrogens with zero attached hydrogens (tertiary/aromatic N) is 3. The molecule has 7 nitrogen and oxygen atoms in total. The van der Waals surface area contributed by atoms with Crippen molar-refractivity contribution in [2.24, 2.45) is 0 Å². The molecule has 9 heteroatoms. The topological polar surface area (TPSA) is 86.7 Å². The Hall–Kier alpha value is -3.75. The summed E-state index contributed by atoms with van der Waals surface area (Å²) in [4.78, 5) is 29.7. The van der Waals surface area contributed by atoms with Crippen LogP contribution < -0.4 is 20.4 Å². The number of methoxy groups -OCH3 is 1. The smallest absolute Gasteiger partial charge is 0.296 e. The van der Waals surface area contributed by atoms with Crippen molar-refractivity contribution in [2.45, 2.75) is 6.42 Å². The predicted octanol–water partition coefficient (Wildman–Crippen LogP) is 3.57. The summed E-state index contributed by atoms with van der Waals surface area (Å²) in [5.74, 6) is 1.84. The Kier molecular flexibility index (Phi) is 5.53. The number of ether oxygens (including phenoxy) is 1. The van der Waals surface area contributed by atoms with Crippen LogP contribution in [0.4, 0.5) is 0 Å². The number of hydrogen-bond acceptors (Lipinski definition) is 7. The number of halogens is 1. The van der Waals surface area contributed by atoms with Crippen molar-refractivity contribution in [1.82, 2.24) is 14.6 Å². The van der Waals surface area contributed by atoms with Crippen LogP contribution in [0.2, 0.25) is 5.02 Å². The van der Waals surface area contributed by atoms with E-state index in [9.17, 15) is 9.59 Å². The summed E-state index contributed by atoms with van der Waals surface area (Å²) in [5.41, 5.74) is 1.07. The van der Waals surface area contributed by atoms with E-state index in [1.807, 2.05) is 30.3 Å². The first-order valence-electron chi connectivity index (χ1n) is 9.93. The van der Waals surface area contributed by atoms with Gasteiger partial charge < -0.3 is 9.15 Å². The van der Waals surface area contributed by atoms with Crippen molar-refractivity contribution >= 4 is 34.0 Å². The lowest BCUT2D eigenvalue weighted by Gasteiger charge is -2.02. The summed E-state index contributed by atoms with van der Waals surface area (Å²) in [6.07, 6.45) is 1.87. The Bertz CT molecular complexity index is 1640. The summed E-state index contributed by atoms with van der Waals surface area (Å²) in [6.45, 7) is 0. The van der Waals surface area contributed by atoms with Gasteiger partial charge in [-0.05, 0) is 42.0 Å². The molecule has 0 N–H and O–H groups in total. The molecule has 5 aromatic rings. The molecule has 0 aliphatic rings. The van der Waals surface area contributed by atoms with Gasteiger partial charge in [0.05, 0.1) is 7.11 Å². The molecule has 0 atom stereocenters. The second-order valence-corrected chi connectivity index (χ2v) is 8.66. The van der Waals surface area contributed by atoms with Crippen molar-refractivity contribution in [1.29, 1.82) is 0 Å². The zero-order valence-electron chi connectivity index (χ0n) is 17.3. The fraction of sp³-hybridized carbons (Fsp3) is 0.0833. The monoisotopic (exact) mass is 477 g/mol. The second kappa shape index (κ2) is 8.65. The normalized spacial score (nSPS) is 11.9. The molecular formula is C24H16ClN3O4S. The number of aromatic nitrogens is 3. The van der Waals surface area contributed by atoms with E-state index in [0.29, 0.717) is 26.8 Å². The van der Waals surface area contributed by atoms with Crippen LogP contribution in [0.1, 0.15) is 17.0 Å². The van der Waals surface area contributed by atoms with Gasteiger partial charge in [-0.3, -0.25) is 9.59 Å². The number of hydrogen-bond donors (Lipinski definition) is 0. The number of benzene rings is 2. The van der Waals surface area contributed by atoms with Crippen LogP contribution in [0.15, 0.2) is 74.7 Å². The van der Waals surface area contributed by atoms with E-state index in [2.05, 4.69) is 10.1 Å². The average Bonchev–Trinajstić information content (AvgIpc) is 3.40. The van der Waals surface area contributed by atoms with Crippen LogP contribution in [0, 0.1) is 0 Å². The maximum Gasteiger partial charge on any atom is 0.296 e. The van der Waals surface area contributed by atoms with Crippen LogP contribution in [0.3, 0.4) is 0 Å². The largest absolute Gasteiger partial charge is 0.497 e. The van der Waals surface area contributed by atoms with E-state index in [1.54, 1.807) is 43.5 Å². The summed E-state index contributed by atoms with van der Waals surface area (Å²) < 4.78 is 12.5. The number of furan rings is 1. The van der Waals surface area contributed by atoms with E-state index in [-0.39, 0.29) is 22.6 Å². The second-order valence-electron chi connectivity index (χ2n) is 7.21. The minimum absolute atomic E-state index is 0.195. The Balaban J connectivity index is 1.50. The standard InChI is InChI=1S/C24H16ClN3O4S/c1-31-17-7-5-14(6-8-17)11-19-22(29)26-24-28(27-19)23(30)21(33-24)13-18-9-10-20(32-18)15-3-2-4-16(25)12-15/h2-10,12-13H,11H2,1H3/b21-13-. The van der Waals surface area contributed by atoms with Gasteiger partial charge in [-0.1, -0.05) is 47.2 Å². The van der Waals surface area contributed by atoms with Gasteiger partial charge in [-0.15, -0.1) is 0 Å². The molecule has 0 fully saturated rings. The summed E-state index contributed by atoms with van der Waals surface area (Å²) >= 11 is 7.13. The van der Waals surface area contributed by atoms with Crippen molar-refractivity contribution < 1.29 is 9.15 Å². The SMILES string of the molecule is COc1ccc(Cc2nn3c(=O)/c(=C/c4ccc(-c5cccc(Cl)c5)o4)sc3nc2=O)cc1. The van der Waals surface area contributed by atoms with Crippen molar-refractivity contribution in [2.75, 3.05) is 7.11 Å². The zero-order valence-corrected chi connectivity index (χ0v) is 18.9. The quantitative estimate of drug-likeness (QED) is 0.384. The fourth-order valence-electron chi connectivity index (χ4n) is 3.35. The molecule has 0 aliphatic carbocycles. The molecule has 0 amide bonds. The lowest BCUT2D eigenvalue weighted by molar-refractivity contribution is 0.414. The Morgan fingerprint density at radius 3 is 2.70 bits per heavy atom. The van der Waals surface area contributed by atoms with Crippen LogP contribution in [-0.4, -0.2) is 21.7 Å². The molecule has 0 unspecified atom stereocenters. The Morgan fingerprint density at radius 2 is 1.94 bits per heavy atom. The highest BCUT2D eigenvalue weighted by atomic mass is 35.5. The highest BCUT2D eigenvalue weighted by molar-refractivity contribution is 7.15. The van der Waals surface area contributed by atoms with Gasteiger partial charge in [-0.25, -0.2) is 0 Å². The van der Waals surface area contributed by atoms with Gasteiger partial charge in [0.25, 0.3) is 11.1 Å². The van der Waals surface area contributed by atoms with E-state index in [4.69, 9.17) is 20.8 Å². The first-order chi connectivity index (χ1) is 16.0. The van der Waals surface area contributed by atoms with Gasteiger partial charge in [-0.2, -0.15) is 14.6 Å². The van der Waals surface area contributed by atoms with E-state index < -0.39 is 5.56 Å². The van der Waals surface area contributed by atoms with E-state index in [1.165, 1.54) is 0 Å². The highest BCUT2D eigenvalue weighted by Crippen LogP contribution is 2.25. The number of fused-ring (bicyclic) bond motifs is 1. The van der Waals surface area contributed by atoms with Gasteiger partial charge in [0.1, 0.15) is 27.5 Å². The lowest BCUT2D eigenvalue weighted by Crippen LogP contribution is -2.28. The molecule has 3 aromatic heterocycles. The van der Waals surface area contributed by atoms with Crippen molar-refractivity contribution in [3.05, 3.63) is 108 Å². The molecule has 0 saturated carbocycles. The molecule has 0 spiro atoms. The lowest BCUT2D eigenvalue weighted by atomic mass is 10.1. The van der Waals surface area contributed by atoms with Crippen LogP contribution in [0.25, 0.3) is 22.4 Å². The first kappa shape index (κ1) is 21.1. The molecule has 0 bridgehead atoms. The van der Waals surface area contributed by atoms with Gasteiger partial charge in [0.15, 0.2) is 0 Å². The number of rotatable bonds is 5. The predicted molar refractivity (Wildman–Crippen MR) is 127 cm³/mol. The maximum atomic E-state index is 12.9. The first-order valence-corrected chi connectivity index (χ1v) is 11.1. The van der Waals surface area contributed by atoms with Crippen LogP contribution >= 0.6 is 22.9 Å². The summed E-state index contributed by atoms with van der Waals surface area (Å²) in [7, 11) is 1.59. The number of thiazole rings is 1. The molecular weight excluding hydrogens is 462 g/mol. The molecule has 0 radical (unpaired) electrons. The van der Waals surface area contributed by atoms with Crippen molar-refractivity contribution in [3.63, 3.8) is 0 Å². The molecule has 3 heterocycles. The van der Waals surface area contributed by atoms with E-state index >= 15 is 0 Å². The average molecular weight is 478 g/mol. The Morgan fingerprint density at radius 1 is 1.12 bits per heavy atom. The third-order valence-corrected chi connectivity index (χ3v) is 6.18. The Labute approximate surface area is 196 Å². The van der Waals surface area contributed by atoms with E-state index in [0.717, 1.165) is 27.0 Å². The molecule has 5 rings (SSSR count). The van der Waals surface area contributed by atoms with Gasteiger partial charge >= 0.3 is 0 Å². The minimum atomic E-state index is -0.458. The zero-order chi connectivity index (χ0) is 22.9.